The van der Waals surface area contributed by atoms with E-state index in [-0.39, 0.29) is 5.91 Å². The minimum absolute atomic E-state index is 0.0990. The van der Waals surface area contributed by atoms with Crippen LogP contribution in [0.15, 0.2) is 29.2 Å². The molecule has 0 unspecified atom stereocenters. The predicted octanol–water partition coefficient (Wildman–Crippen LogP) is 2.69. The topological polar surface area (TPSA) is 20.3 Å². The molecule has 15 heavy (non-hydrogen) atoms. The summed E-state index contributed by atoms with van der Waals surface area (Å²) < 4.78 is 0. The van der Waals surface area contributed by atoms with E-state index in [9.17, 15) is 4.79 Å². The van der Waals surface area contributed by atoms with Crippen LogP contribution in [-0.4, -0.2) is 25.0 Å². The number of carbonyl (C=O) groups is 1. The quantitative estimate of drug-likeness (QED) is 0.646. The van der Waals surface area contributed by atoms with Crippen molar-refractivity contribution < 1.29 is 4.79 Å². The van der Waals surface area contributed by atoms with Crippen LogP contribution in [0.4, 0.5) is 5.69 Å². The van der Waals surface area contributed by atoms with E-state index in [4.69, 9.17) is 0 Å². The minimum atomic E-state index is 0.0990. The number of hydrogen-bond donors (Lipinski definition) is 1. The number of rotatable bonds is 4. The van der Waals surface area contributed by atoms with E-state index in [1.54, 1.807) is 23.7 Å². The summed E-state index contributed by atoms with van der Waals surface area (Å²) in [5.74, 6) is 0.688. The Morgan fingerprint density at radius 3 is 2.47 bits per heavy atom. The lowest BCUT2D eigenvalue weighted by molar-refractivity contribution is -0.117. The van der Waals surface area contributed by atoms with Gasteiger partial charge in [-0.15, -0.1) is 11.8 Å². The Hall–Kier alpha value is -0.610. The highest BCUT2D eigenvalue weighted by Crippen LogP contribution is 2.20. The van der Waals surface area contributed by atoms with E-state index in [1.807, 2.05) is 30.5 Å². The first-order chi connectivity index (χ1) is 7.19. The van der Waals surface area contributed by atoms with Crippen molar-refractivity contribution in [3.8, 4) is 0 Å². The van der Waals surface area contributed by atoms with E-state index < -0.39 is 0 Å². The van der Waals surface area contributed by atoms with E-state index in [2.05, 4.69) is 12.6 Å². The molecule has 4 heteroatoms. The molecule has 82 valence electrons. The molecule has 0 aromatic heterocycles. The van der Waals surface area contributed by atoms with Crippen LogP contribution in [0.3, 0.4) is 0 Å². The fraction of sp³-hybridized carbons (Fsp3) is 0.364. The van der Waals surface area contributed by atoms with Crippen LogP contribution in [0.2, 0.25) is 0 Å². The van der Waals surface area contributed by atoms with Gasteiger partial charge >= 0.3 is 0 Å². The zero-order chi connectivity index (χ0) is 11.3. The molecule has 0 spiro atoms. The van der Waals surface area contributed by atoms with Gasteiger partial charge < -0.3 is 4.90 Å². The van der Waals surface area contributed by atoms with E-state index in [0.717, 1.165) is 5.69 Å². The monoisotopic (exact) mass is 241 g/mol. The first-order valence-corrected chi connectivity index (χ1v) is 6.56. The molecule has 0 aliphatic rings. The first kappa shape index (κ1) is 12.5. The van der Waals surface area contributed by atoms with Gasteiger partial charge in [0.15, 0.2) is 0 Å². The van der Waals surface area contributed by atoms with Gasteiger partial charge in [0.05, 0.1) is 0 Å². The van der Waals surface area contributed by atoms with Gasteiger partial charge in [-0.3, -0.25) is 4.79 Å². The number of amides is 1. The van der Waals surface area contributed by atoms with Gasteiger partial charge in [0.2, 0.25) is 5.91 Å². The highest BCUT2D eigenvalue weighted by Gasteiger charge is 2.09. The lowest BCUT2D eigenvalue weighted by Gasteiger charge is -2.17. The maximum Gasteiger partial charge on any atom is 0.227 e. The SMILES string of the molecule is CSc1ccc(N(C)C(=O)CCS)cc1. The summed E-state index contributed by atoms with van der Waals surface area (Å²) in [5, 5.41) is 0. The number of anilines is 1. The first-order valence-electron chi connectivity index (χ1n) is 4.70. The zero-order valence-electron chi connectivity index (χ0n) is 8.93. The largest absolute Gasteiger partial charge is 0.315 e. The molecule has 0 fully saturated rings. The summed E-state index contributed by atoms with van der Waals surface area (Å²) in [6.45, 7) is 0. The van der Waals surface area contributed by atoms with Crippen molar-refractivity contribution in [1.82, 2.24) is 0 Å². The van der Waals surface area contributed by atoms with Gasteiger partial charge in [0, 0.05) is 24.1 Å². The summed E-state index contributed by atoms with van der Waals surface area (Å²) >= 11 is 5.74. The van der Waals surface area contributed by atoms with Gasteiger partial charge in [-0.05, 0) is 36.3 Å². The Labute approximate surface area is 100 Å². The van der Waals surface area contributed by atoms with E-state index >= 15 is 0 Å². The van der Waals surface area contributed by atoms with Crippen molar-refractivity contribution in [1.29, 1.82) is 0 Å². The minimum Gasteiger partial charge on any atom is -0.315 e. The van der Waals surface area contributed by atoms with Crippen molar-refractivity contribution in [2.24, 2.45) is 0 Å². The van der Waals surface area contributed by atoms with E-state index in [0.29, 0.717) is 12.2 Å². The second-order valence-corrected chi connectivity index (χ2v) is 4.45. The standard InChI is InChI=1S/C11H15NOS2/c1-12(11(13)7-8-14)9-3-5-10(15-2)6-4-9/h3-6,14H,7-8H2,1-2H3. The van der Waals surface area contributed by atoms with Gasteiger partial charge in [0.1, 0.15) is 0 Å². The molecule has 1 aromatic carbocycles. The van der Waals surface area contributed by atoms with Gasteiger partial charge in [-0.1, -0.05) is 0 Å². The third-order valence-corrected chi connectivity index (χ3v) is 3.13. The van der Waals surface area contributed by atoms with E-state index in [1.165, 1.54) is 4.90 Å². The molecule has 0 atom stereocenters. The van der Waals surface area contributed by atoms with Crippen LogP contribution in [0.1, 0.15) is 6.42 Å². The van der Waals surface area contributed by atoms with Crippen molar-refractivity contribution in [2.75, 3.05) is 24.0 Å². The molecule has 0 aliphatic heterocycles. The summed E-state index contributed by atoms with van der Waals surface area (Å²) in [5.41, 5.74) is 0.930. The molecule has 1 rings (SSSR count). The van der Waals surface area contributed by atoms with Gasteiger partial charge in [0.25, 0.3) is 0 Å². The Morgan fingerprint density at radius 1 is 1.40 bits per heavy atom. The summed E-state index contributed by atoms with van der Waals surface area (Å²) in [6.07, 6.45) is 2.51. The number of benzene rings is 1. The molecular weight excluding hydrogens is 226 g/mol. The number of nitrogens with zero attached hydrogens (tertiary/aromatic N) is 1. The molecule has 0 N–H and O–H groups in total. The molecular formula is C11H15NOS2. The van der Waals surface area contributed by atoms with Crippen molar-refractivity contribution in [2.45, 2.75) is 11.3 Å². The molecule has 0 radical (unpaired) electrons. The highest BCUT2D eigenvalue weighted by molar-refractivity contribution is 7.98. The van der Waals surface area contributed by atoms with Crippen LogP contribution >= 0.6 is 24.4 Å². The number of thiol groups is 1. The fourth-order valence-electron chi connectivity index (χ4n) is 1.21. The number of carbonyl (C=O) groups excluding carboxylic acids is 1. The van der Waals surface area contributed by atoms with Gasteiger partial charge in [-0.25, -0.2) is 0 Å². The molecule has 0 saturated carbocycles. The average molecular weight is 241 g/mol. The summed E-state index contributed by atoms with van der Waals surface area (Å²) in [4.78, 5) is 14.4. The lowest BCUT2D eigenvalue weighted by atomic mass is 10.3. The van der Waals surface area contributed by atoms with Crippen LogP contribution < -0.4 is 4.90 Å². The third kappa shape index (κ3) is 3.47. The van der Waals surface area contributed by atoms with Crippen LogP contribution in [0.5, 0.6) is 0 Å². The van der Waals surface area contributed by atoms with Crippen molar-refractivity contribution in [3.63, 3.8) is 0 Å². The smallest absolute Gasteiger partial charge is 0.227 e. The summed E-state index contributed by atoms with van der Waals surface area (Å²) in [7, 11) is 1.79. The average Bonchev–Trinajstić information content (AvgIpc) is 2.28. The maximum absolute atomic E-state index is 11.6. The fourth-order valence-corrected chi connectivity index (χ4v) is 1.81. The van der Waals surface area contributed by atoms with Gasteiger partial charge in [-0.2, -0.15) is 12.6 Å². The van der Waals surface area contributed by atoms with Crippen molar-refractivity contribution >= 4 is 36.0 Å². The molecule has 0 saturated heterocycles. The second-order valence-electron chi connectivity index (χ2n) is 3.12. The molecule has 1 amide bonds. The molecule has 0 aliphatic carbocycles. The molecule has 0 bridgehead atoms. The summed E-state index contributed by atoms with van der Waals surface area (Å²) in [6, 6.07) is 7.96. The maximum atomic E-state index is 11.6. The Balaban J connectivity index is 2.73. The van der Waals surface area contributed by atoms with Crippen LogP contribution in [0.25, 0.3) is 0 Å². The van der Waals surface area contributed by atoms with Crippen molar-refractivity contribution in [3.05, 3.63) is 24.3 Å². The molecule has 1 aromatic rings. The second kappa shape index (κ2) is 6.08. The number of thioether (sulfide) groups is 1. The normalized spacial score (nSPS) is 10.1. The molecule has 2 nitrogen and oxygen atoms in total. The molecule has 0 heterocycles. The van der Waals surface area contributed by atoms with Crippen LogP contribution in [0, 0.1) is 0 Å². The Bertz CT molecular complexity index is 324. The highest BCUT2D eigenvalue weighted by atomic mass is 32.2. The number of hydrogen-bond acceptors (Lipinski definition) is 3. The van der Waals surface area contributed by atoms with Crippen LogP contribution in [-0.2, 0) is 4.79 Å². The Kier molecular flexibility index (Phi) is 5.05. The Morgan fingerprint density at radius 2 is 2.00 bits per heavy atom. The zero-order valence-corrected chi connectivity index (χ0v) is 10.6. The lowest BCUT2D eigenvalue weighted by Crippen LogP contribution is -2.26. The predicted molar refractivity (Wildman–Crippen MR) is 70.1 cm³/mol. The third-order valence-electron chi connectivity index (χ3n) is 2.16.